The highest BCUT2D eigenvalue weighted by atomic mass is 32.2. The minimum absolute atomic E-state index is 0.160. The monoisotopic (exact) mass is 454 g/mol. The van der Waals surface area contributed by atoms with Gasteiger partial charge in [0.1, 0.15) is 17.0 Å². The van der Waals surface area contributed by atoms with Gasteiger partial charge in [0.05, 0.1) is 0 Å². The number of aryl methyl sites for hydroxylation is 1. The lowest BCUT2D eigenvalue weighted by Gasteiger charge is -2.10. The van der Waals surface area contributed by atoms with E-state index in [1.165, 1.54) is 36.7 Å². The fourth-order valence-corrected chi connectivity index (χ4v) is 4.21. The number of sulfonamides is 1. The van der Waals surface area contributed by atoms with Crippen LogP contribution in [0.4, 0.5) is 10.1 Å². The van der Waals surface area contributed by atoms with Gasteiger partial charge in [-0.25, -0.2) is 22.3 Å². The number of anilines is 1. The summed E-state index contributed by atoms with van der Waals surface area (Å²) >= 11 is 0. The van der Waals surface area contributed by atoms with Crippen molar-refractivity contribution in [2.24, 2.45) is 0 Å². The SMILES string of the molecule is O=C(NCCCc1cnc2ncnn2c1)c1cccc(NS(=O)(=O)c2ccccc2F)c1. The van der Waals surface area contributed by atoms with Gasteiger partial charge in [0.25, 0.3) is 21.7 Å². The number of amides is 1. The lowest BCUT2D eigenvalue weighted by Crippen LogP contribution is -2.25. The molecule has 0 saturated heterocycles. The van der Waals surface area contributed by atoms with Crippen molar-refractivity contribution in [2.45, 2.75) is 17.7 Å². The van der Waals surface area contributed by atoms with Crippen molar-refractivity contribution in [3.05, 3.63) is 84.2 Å². The quantitative estimate of drug-likeness (QED) is 0.395. The van der Waals surface area contributed by atoms with Crippen molar-refractivity contribution in [1.29, 1.82) is 0 Å². The Hall–Kier alpha value is -3.86. The number of carbonyl (C=O) groups excluding carboxylic acids is 1. The molecule has 4 aromatic rings. The number of hydrogen-bond donors (Lipinski definition) is 2. The third-order valence-electron chi connectivity index (χ3n) is 4.62. The average molecular weight is 454 g/mol. The lowest BCUT2D eigenvalue weighted by atomic mass is 10.1. The lowest BCUT2D eigenvalue weighted by molar-refractivity contribution is 0.0953. The van der Waals surface area contributed by atoms with E-state index in [2.05, 4.69) is 25.1 Å². The highest BCUT2D eigenvalue weighted by molar-refractivity contribution is 7.92. The van der Waals surface area contributed by atoms with E-state index >= 15 is 0 Å². The van der Waals surface area contributed by atoms with Crippen LogP contribution in [-0.2, 0) is 16.4 Å². The molecule has 0 aliphatic heterocycles. The van der Waals surface area contributed by atoms with E-state index in [0.29, 0.717) is 25.2 Å². The standard InChI is InChI=1S/C21H19FN6O3S/c22-18-8-1-2-9-19(18)32(30,31)27-17-7-3-6-16(11-17)20(29)23-10-4-5-15-12-24-21-25-14-26-28(21)13-15/h1-3,6-9,11-14,27H,4-5,10H2,(H,23,29). The normalized spacial score (nSPS) is 11.4. The van der Waals surface area contributed by atoms with Gasteiger partial charge < -0.3 is 5.32 Å². The largest absolute Gasteiger partial charge is 0.352 e. The summed E-state index contributed by atoms with van der Waals surface area (Å²) in [4.78, 5) is 20.2. The van der Waals surface area contributed by atoms with Crippen molar-refractivity contribution in [2.75, 3.05) is 11.3 Å². The van der Waals surface area contributed by atoms with Crippen LogP contribution in [0.2, 0.25) is 0 Å². The zero-order valence-electron chi connectivity index (χ0n) is 16.8. The van der Waals surface area contributed by atoms with E-state index < -0.39 is 20.7 Å². The Morgan fingerprint density at radius 2 is 1.94 bits per heavy atom. The molecule has 9 nitrogen and oxygen atoms in total. The second-order valence-corrected chi connectivity index (χ2v) is 8.59. The number of carbonyl (C=O) groups is 1. The number of benzene rings is 2. The maximum absolute atomic E-state index is 13.9. The molecule has 2 aromatic carbocycles. The first-order chi connectivity index (χ1) is 15.4. The molecule has 0 radical (unpaired) electrons. The first-order valence-corrected chi connectivity index (χ1v) is 11.2. The predicted molar refractivity (Wildman–Crippen MR) is 115 cm³/mol. The van der Waals surface area contributed by atoms with E-state index in [1.807, 2.05) is 6.20 Å². The molecule has 1 amide bonds. The predicted octanol–water partition coefficient (Wildman–Crippen LogP) is 2.43. The first kappa shape index (κ1) is 21.4. The molecule has 11 heteroatoms. The molecule has 4 rings (SSSR count). The van der Waals surface area contributed by atoms with Crippen LogP contribution in [0.3, 0.4) is 0 Å². The molecule has 0 aliphatic carbocycles. The molecule has 2 heterocycles. The molecule has 0 saturated carbocycles. The molecular weight excluding hydrogens is 435 g/mol. The van der Waals surface area contributed by atoms with Crippen LogP contribution < -0.4 is 10.0 Å². The maximum atomic E-state index is 13.9. The Labute approximate surface area is 183 Å². The first-order valence-electron chi connectivity index (χ1n) is 9.72. The molecule has 0 fully saturated rings. The van der Waals surface area contributed by atoms with E-state index in [9.17, 15) is 17.6 Å². The molecule has 0 spiro atoms. The van der Waals surface area contributed by atoms with Gasteiger partial charge in [-0.2, -0.15) is 10.1 Å². The number of fused-ring (bicyclic) bond motifs is 1. The van der Waals surface area contributed by atoms with Crippen molar-refractivity contribution < 1.29 is 17.6 Å². The van der Waals surface area contributed by atoms with E-state index in [-0.39, 0.29) is 17.2 Å². The van der Waals surface area contributed by atoms with E-state index in [4.69, 9.17) is 0 Å². The Balaban J connectivity index is 1.34. The highest BCUT2D eigenvalue weighted by Crippen LogP contribution is 2.19. The van der Waals surface area contributed by atoms with Crippen LogP contribution in [0.5, 0.6) is 0 Å². The van der Waals surface area contributed by atoms with Crippen LogP contribution in [0.15, 0.2) is 72.1 Å². The van der Waals surface area contributed by atoms with Crippen molar-refractivity contribution in [1.82, 2.24) is 24.9 Å². The van der Waals surface area contributed by atoms with Crippen molar-refractivity contribution in [3.8, 4) is 0 Å². The fourth-order valence-electron chi connectivity index (χ4n) is 3.08. The summed E-state index contributed by atoms with van der Waals surface area (Å²) in [5.41, 5.74) is 1.40. The number of halogens is 1. The van der Waals surface area contributed by atoms with Crippen LogP contribution in [0, 0.1) is 5.82 Å². The zero-order chi connectivity index (χ0) is 22.6. The highest BCUT2D eigenvalue weighted by Gasteiger charge is 2.19. The fraction of sp³-hybridized carbons (Fsp3) is 0.143. The molecule has 0 bridgehead atoms. The van der Waals surface area contributed by atoms with Gasteiger partial charge in [-0.05, 0) is 48.7 Å². The third kappa shape index (κ3) is 4.89. The molecule has 0 atom stereocenters. The Morgan fingerprint density at radius 3 is 2.78 bits per heavy atom. The zero-order valence-corrected chi connectivity index (χ0v) is 17.6. The number of aromatic nitrogens is 4. The molecule has 2 N–H and O–H groups in total. The number of nitrogens with zero attached hydrogens (tertiary/aromatic N) is 4. The van der Waals surface area contributed by atoms with E-state index in [0.717, 1.165) is 11.6 Å². The van der Waals surface area contributed by atoms with Crippen LogP contribution >= 0.6 is 0 Å². The summed E-state index contributed by atoms with van der Waals surface area (Å²) in [6.07, 6.45) is 6.34. The molecule has 32 heavy (non-hydrogen) atoms. The molecular formula is C21H19FN6O3S. The van der Waals surface area contributed by atoms with Crippen LogP contribution in [0.25, 0.3) is 5.78 Å². The van der Waals surface area contributed by atoms with Gasteiger partial charge in [-0.15, -0.1) is 0 Å². The summed E-state index contributed by atoms with van der Waals surface area (Å²) in [6, 6.07) is 11.1. The molecule has 2 aromatic heterocycles. The minimum atomic E-state index is -4.12. The topological polar surface area (TPSA) is 118 Å². The summed E-state index contributed by atoms with van der Waals surface area (Å²) in [6.45, 7) is 0.416. The van der Waals surface area contributed by atoms with Gasteiger partial charge >= 0.3 is 0 Å². The Morgan fingerprint density at radius 1 is 1.09 bits per heavy atom. The number of rotatable bonds is 8. The van der Waals surface area contributed by atoms with Gasteiger partial charge in [-0.3, -0.25) is 9.52 Å². The summed E-state index contributed by atoms with van der Waals surface area (Å²) in [5.74, 6) is -0.679. The van der Waals surface area contributed by atoms with Gasteiger partial charge in [0, 0.05) is 30.2 Å². The summed E-state index contributed by atoms with van der Waals surface area (Å²) < 4.78 is 42.6. The van der Waals surface area contributed by atoms with E-state index in [1.54, 1.807) is 22.8 Å². The summed E-state index contributed by atoms with van der Waals surface area (Å²) in [5, 5.41) is 6.84. The van der Waals surface area contributed by atoms with Gasteiger partial charge in [0.15, 0.2) is 0 Å². The van der Waals surface area contributed by atoms with Crippen molar-refractivity contribution >= 4 is 27.4 Å². The van der Waals surface area contributed by atoms with Crippen LogP contribution in [-0.4, -0.2) is 40.5 Å². The van der Waals surface area contributed by atoms with Crippen LogP contribution in [0.1, 0.15) is 22.3 Å². The maximum Gasteiger partial charge on any atom is 0.264 e. The third-order valence-corrected chi connectivity index (χ3v) is 6.03. The summed E-state index contributed by atoms with van der Waals surface area (Å²) in [7, 11) is -4.12. The molecule has 164 valence electrons. The second-order valence-electron chi connectivity index (χ2n) is 6.94. The number of hydrogen-bond acceptors (Lipinski definition) is 6. The van der Waals surface area contributed by atoms with Gasteiger partial charge in [0.2, 0.25) is 0 Å². The average Bonchev–Trinajstić information content (AvgIpc) is 3.24. The van der Waals surface area contributed by atoms with Crippen molar-refractivity contribution in [3.63, 3.8) is 0 Å². The number of nitrogens with one attached hydrogen (secondary N) is 2. The second kappa shape index (κ2) is 9.10. The molecule has 0 unspecified atom stereocenters. The molecule has 0 aliphatic rings. The minimum Gasteiger partial charge on any atom is -0.352 e. The Bertz CT molecular complexity index is 1370. The van der Waals surface area contributed by atoms with Gasteiger partial charge in [-0.1, -0.05) is 18.2 Å². The Kier molecular flexibility index (Phi) is 6.08. The smallest absolute Gasteiger partial charge is 0.264 e.